The third-order valence-electron chi connectivity index (χ3n) is 16.1. The van der Waals surface area contributed by atoms with Gasteiger partial charge in [0.1, 0.15) is 0 Å². The van der Waals surface area contributed by atoms with Crippen molar-refractivity contribution in [2.75, 3.05) is 181 Å². The molecule has 6 aliphatic heterocycles. The molecule has 0 radical (unpaired) electrons. The normalized spacial score (nSPS) is 19.1. The van der Waals surface area contributed by atoms with E-state index in [4.69, 9.17) is 22.9 Å². The molecule has 6 fully saturated rings. The van der Waals surface area contributed by atoms with E-state index in [1.165, 1.54) is 29.1 Å². The summed E-state index contributed by atoms with van der Waals surface area (Å²) in [6, 6.07) is 0.505. The number of likely N-dealkylation sites (N-methyl/N-ethyl adjacent to an activating group) is 1. The van der Waals surface area contributed by atoms with Gasteiger partial charge in [-0.3, -0.25) is 29.6 Å². The van der Waals surface area contributed by atoms with Crippen LogP contribution < -0.4 is 42.5 Å². The van der Waals surface area contributed by atoms with Crippen molar-refractivity contribution >= 4 is 67.5 Å². The molecule has 0 atom stereocenters. The zero-order chi connectivity index (χ0) is 59.5. The summed E-state index contributed by atoms with van der Waals surface area (Å²) in [6.07, 6.45) is 17.5. The topological polar surface area (TPSA) is 256 Å². The summed E-state index contributed by atoms with van der Waals surface area (Å²) in [5.41, 5.74) is 31.3. The van der Waals surface area contributed by atoms with E-state index in [2.05, 4.69) is 79.2 Å². The minimum absolute atomic E-state index is 0.0842. The molecule has 8 N–H and O–H groups in total. The molecular formula is C57H90F2N18O4S. The van der Waals surface area contributed by atoms with Gasteiger partial charge in [-0.15, -0.1) is 0 Å². The zero-order valence-electron chi connectivity index (χ0n) is 49.6. The first kappa shape index (κ1) is 63.0. The first-order valence-electron chi connectivity index (χ1n) is 28.8. The summed E-state index contributed by atoms with van der Waals surface area (Å²) in [5.74, 6) is -0.406. The number of hydrogen-bond donors (Lipinski definition) is 4. The minimum Gasteiger partial charge on any atom is -0.396 e. The highest BCUT2D eigenvalue weighted by molar-refractivity contribution is 7.89. The number of carbonyl (C=O) groups is 2. The Morgan fingerprint density at radius 2 is 0.963 bits per heavy atom. The summed E-state index contributed by atoms with van der Waals surface area (Å²) in [7, 11) is 2.08. The molecule has 4 aromatic heterocycles. The molecule has 452 valence electrons. The van der Waals surface area contributed by atoms with E-state index in [0.717, 1.165) is 132 Å². The number of amides is 3. The molecule has 3 amide bonds. The number of aryl methyl sites for hydroxylation is 2. The van der Waals surface area contributed by atoms with Gasteiger partial charge in [0, 0.05) is 157 Å². The number of sulfonamides is 1. The number of carbonyl (C=O) groups excluding carboxylic acids is 2. The number of piperazine rings is 3. The maximum Gasteiger partial charge on any atom is 0.320 e. The maximum atomic E-state index is 13.9. The van der Waals surface area contributed by atoms with Crippen LogP contribution in [0.15, 0.2) is 49.6 Å². The highest BCUT2D eigenvalue weighted by Gasteiger charge is 2.34. The fourth-order valence-electron chi connectivity index (χ4n) is 11.8. The molecule has 4 aromatic rings. The molecule has 0 saturated carbocycles. The summed E-state index contributed by atoms with van der Waals surface area (Å²) in [4.78, 5) is 58.9. The molecule has 22 nitrogen and oxygen atoms in total. The van der Waals surface area contributed by atoms with Crippen molar-refractivity contribution in [1.29, 1.82) is 0 Å². The van der Waals surface area contributed by atoms with Crippen LogP contribution in [0.25, 0.3) is 0 Å². The van der Waals surface area contributed by atoms with Crippen LogP contribution in [-0.2, 0) is 14.8 Å². The highest BCUT2D eigenvalue weighted by atomic mass is 32.2. The number of aromatic nitrogens is 4. The largest absolute Gasteiger partial charge is 0.396 e. The van der Waals surface area contributed by atoms with E-state index in [9.17, 15) is 26.8 Å². The van der Waals surface area contributed by atoms with E-state index in [-0.39, 0.29) is 17.1 Å². The van der Waals surface area contributed by atoms with Crippen LogP contribution in [0.2, 0.25) is 0 Å². The third-order valence-corrected chi connectivity index (χ3v) is 18.4. The first-order chi connectivity index (χ1) is 38.9. The Bertz CT molecular complexity index is 2780. The zero-order valence-corrected chi connectivity index (χ0v) is 50.4. The van der Waals surface area contributed by atoms with Crippen LogP contribution in [0, 0.1) is 30.9 Å². The van der Waals surface area contributed by atoms with Gasteiger partial charge >= 0.3 is 6.03 Å². The second-order valence-corrected chi connectivity index (χ2v) is 26.1. The number of rotatable bonds is 8. The summed E-state index contributed by atoms with van der Waals surface area (Å²) >= 11 is 0. The number of nitrogens with zero attached hydrogens (tertiary/aromatic N) is 14. The Morgan fingerprint density at radius 3 is 1.35 bits per heavy atom. The van der Waals surface area contributed by atoms with Gasteiger partial charge in [-0.25, -0.2) is 26.3 Å². The Hall–Kier alpha value is -6.57. The summed E-state index contributed by atoms with van der Waals surface area (Å²) in [5, 5.41) is -0.294. The average molecular weight is 1160 g/mol. The van der Waals surface area contributed by atoms with Gasteiger partial charge in [0.25, 0.3) is 0 Å². The van der Waals surface area contributed by atoms with Crippen molar-refractivity contribution in [1.82, 2.24) is 48.7 Å². The lowest BCUT2D eigenvalue weighted by atomic mass is 9.96. The summed E-state index contributed by atoms with van der Waals surface area (Å²) in [6.45, 7) is 25.2. The van der Waals surface area contributed by atoms with Crippen molar-refractivity contribution in [2.24, 2.45) is 5.41 Å². The van der Waals surface area contributed by atoms with Gasteiger partial charge in [-0.05, 0) is 69.5 Å². The van der Waals surface area contributed by atoms with E-state index >= 15 is 0 Å². The van der Waals surface area contributed by atoms with Gasteiger partial charge in [-0.1, -0.05) is 20.8 Å². The van der Waals surface area contributed by atoms with Crippen LogP contribution in [-0.4, -0.2) is 219 Å². The van der Waals surface area contributed by atoms with Crippen molar-refractivity contribution < 1.29 is 26.8 Å². The molecule has 0 bridgehead atoms. The Morgan fingerprint density at radius 1 is 0.573 bits per heavy atom. The number of pyridine rings is 4. The molecule has 10 heterocycles. The fraction of sp³-hybridized carbons (Fsp3) is 0.614. The number of piperidine rings is 2. The number of anilines is 8. The molecule has 0 aromatic carbocycles. The van der Waals surface area contributed by atoms with E-state index < -0.39 is 15.8 Å². The molecule has 25 heteroatoms. The Balaban J connectivity index is 0.000000158. The van der Waals surface area contributed by atoms with Crippen LogP contribution in [0.1, 0.15) is 70.4 Å². The summed E-state index contributed by atoms with van der Waals surface area (Å²) < 4.78 is 53.3. The maximum absolute atomic E-state index is 13.9. The van der Waals surface area contributed by atoms with Crippen molar-refractivity contribution in [3.63, 3.8) is 0 Å². The molecule has 6 saturated heterocycles. The van der Waals surface area contributed by atoms with Crippen molar-refractivity contribution in [2.45, 2.75) is 84.4 Å². The molecule has 0 unspecified atom stereocenters. The van der Waals surface area contributed by atoms with Gasteiger partial charge in [0.2, 0.25) is 15.9 Å². The third kappa shape index (κ3) is 16.2. The van der Waals surface area contributed by atoms with Crippen LogP contribution in [0.4, 0.5) is 59.1 Å². The highest BCUT2D eigenvalue weighted by Crippen LogP contribution is 2.34. The second-order valence-electron chi connectivity index (χ2n) is 23.7. The van der Waals surface area contributed by atoms with Gasteiger partial charge < -0.3 is 62.1 Å². The molecule has 0 spiro atoms. The lowest BCUT2D eigenvalue weighted by molar-refractivity contribution is -0.130. The smallest absolute Gasteiger partial charge is 0.320 e. The van der Waals surface area contributed by atoms with E-state index in [1.54, 1.807) is 32.7 Å². The molecular weight excluding hydrogens is 1070 g/mol. The van der Waals surface area contributed by atoms with Gasteiger partial charge in [0.05, 0.1) is 87.9 Å². The number of likely N-dealkylation sites (tertiary alicyclic amines) is 1. The monoisotopic (exact) mass is 1160 g/mol. The standard InChI is InChI=1S/C15H23FN6O.C15H22N4O.C14H23FN4.C13H22N4O2S/c1-19-2-4-21(5-3-19)15(23)22-8-6-20(7-9-22)14-12(16)10-18-11-13(14)17;1-11-9-17-10-13(16)15(11)18-7-4-12(5-8-18)19-6-2-3-14(19)20;1-14(2,3)10-18-4-6-19(7-5-18)13-11(15)8-17-9-12(13)16;1-10-8-15-9-12(14)13(10)17-6-4-11(5-7-17)20(18,19)16(2)3/h10-11H,2-9,17H2,1H3;9-10,12H,2-8,16H2,1H3;8-9H,4-7,10,16H2,1-3H3;8-9,11H,4-7,14H2,1-3H3. The van der Waals surface area contributed by atoms with Crippen molar-refractivity contribution in [3.8, 4) is 0 Å². The quantitative estimate of drug-likeness (QED) is 0.187. The average Bonchev–Trinajstić information content (AvgIpc) is 4.04. The fourth-order valence-corrected chi connectivity index (χ4v) is 13.2. The molecule has 82 heavy (non-hydrogen) atoms. The van der Waals surface area contributed by atoms with Crippen LogP contribution in [0.3, 0.4) is 0 Å². The number of hydrogen-bond acceptors (Lipinski definition) is 18. The molecule has 0 aliphatic carbocycles. The number of halogens is 2. The van der Waals surface area contributed by atoms with Crippen LogP contribution in [0.5, 0.6) is 0 Å². The van der Waals surface area contributed by atoms with Crippen molar-refractivity contribution in [3.05, 3.63) is 72.3 Å². The molecule has 6 aliphatic rings. The van der Waals surface area contributed by atoms with E-state index in [0.29, 0.717) is 97.9 Å². The van der Waals surface area contributed by atoms with Gasteiger partial charge in [0.15, 0.2) is 11.6 Å². The first-order valence-corrected chi connectivity index (χ1v) is 30.3. The van der Waals surface area contributed by atoms with Gasteiger partial charge in [-0.2, -0.15) is 0 Å². The van der Waals surface area contributed by atoms with E-state index in [1.807, 2.05) is 32.7 Å². The predicted octanol–water partition coefficient (Wildman–Crippen LogP) is 4.66. The lowest BCUT2D eigenvalue weighted by Crippen LogP contribution is -2.56. The minimum atomic E-state index is -3.16. The number of nitrogen functional groups attached to an aromatic ring is 4. The number of urea groups is 1. The Kier molecular flexibility index (Phi) is 21.6. The second kappa shape index (κ2) is 28.1. The predicted molar refractivity (Wildman–Crippen MR) is 324 cm³/mol. The lowest BCUT2D eigenvalue weighted by Gasteiger charge is -2.40. The van der Waals surface area contributed by atoms with Crippen LogP contribution >= 0.6 is 0 Å². The SMILES string of the molecule is CC(C)(C)CN1CCN(c2c(N)cncc2F)CC1.CN1CCN(C(=O)N2CCN(c3c(N)cncc3F)CC2)CC1.Cc1cncc(N)c1N1CCC(N2CCCC2=O)CC1.Cc1cncc(N)c1N1CCC(S(=O)(=O)N(C)C)CC1. The number of nitrogens with two attached hydrogens (primary N) is 4. The Labute approximate surface area is 484 Å². The molecule has 10 rings (SSSR count).